The Bertz CT molecular complexity index is 1480. The SMILES string of the molecule is CCOc1cc(N2CCC(N3CCN(C)CC3)CC2)ccc1Nc1ncc(Cl)c(Nc2ccccc2S(=O)(=O)NC)n1. The molecule has 42 heavy (non-hydrogen) atoms. The van der Waals surface area contributed by atoms with Crippen LogP contribution in [-0.4, -0.2) is 94.2 Å². The third-order valence-corrected chi connectivity index (χ3v) is 9.59. The molecule has 0 saturated carbocycles. The Morgan fingerprint density at radius 2 is 1.74 bits per heavy atom. The van der Waals surface area contributed by atoms with E-state index in [9.17, 15) is 8.42 Å². The number of piperidine rings is 1. The number of likely N-dealkylation sites (N-methyl/N-ethyl adjacent to an activating group) is 1. The lowest BCUT2D eigenvalue weighted by Gasteiger charge is -2.42. The standard InChI is InChI=1S/C29H39ClN8O3S/c1-4-41-26-19-22(37-13-11-21(12-14-37)38-17-15-36(3)16-18-38)9-10-24(26)34-29-32-20-23(30)28(35-29)33-25-7-5-6-8-27(25)42(39,40)31-2/h5-10,19-21,31H,4,11-18H2,1-3H3,(H2,32,33,34,35). The van der Waals surface area contributed by atoms with Crippen molar-refractivity contribution in [1.29, 1.82) is 0 Å². The molecule has 0 atom stereocenters. The van der Waals surface area contributed by atoms with Gasteiger partial charge in [-0.1, -0.05) is 23.7 Å². The van der Waals surface area contributed by atoms with E-state index in [0.29, 0.717) is 24.1 Å². The average molecular weight is 615 g/mol. The number of benzene rings is 2. The van der Waals surface area contributed by atoms with Crippen molar-refractivity contribution in [2.75, 3.05) is 75.5 Å². The zero-order valence-corrected chi connectivity index (χ0v) is 25.9. The fourth-order valence-electron chi connectivity index (χ4n) is 5.44. The molecule has 2 fully saturated rings. The Kier molecular flexibility index (Phi) is 9.69. The molecule has 11 nitrogen and oxygen atoms in total. The highest BCUT2D eigenvalue weighted by Gasteiger charge is 2.27. The zero-order valence-electron chi connectivity index (χ0n) is 24.3. The Hall–Kier alpha value is -3.16. The molecule has 0 radical (unpaired) electrons. The van der Waals surface area contributed by atoms with Crippen LogP contribution in [0, 0.1) is 0 Å². The molecule has 0 bridgehead atoms. The quantitative estimate of drug-likeness (QED) is 0.308. The molecule has 0 aliphatic carbocycles. The second-order valence-electron chi connectivity index (χ2n) is 10.5. The lowest BCUT2D eigenvalue weighted by Crippen LogP contribution is -2.52. The number of sulfonamides is 1. The highest BCUT2D eigenvalue weighted by Crippen LogP contribution is 2.34. The first kappa shape index (κ1) is 30.3. The predicted octanol–water partition coefficient (Wildman–Crippen LogP) is 4.14. The molecular formula is C29H39ClN8O3S. The monoisotopic (exact) mass is 614 g/mol. The molecule has 13 heteroatoms. The van der Waals surface area contributed by atoms with Gasteiger partial charge in [0.05, 0.1) is 24.2 Å². The maximum absolute atomic E-state index is 12.5. The summed E-state index contributed by atoms with van der Waals surface area (Å²) < 4.78 is 33.3. The van der Waals surface area contributed by atoms with Crippen LogP contribution in [0.25, 0.3) is 0 Å². The Balaban J connectivity index is 1.30. The van der Waals surface area contributed by atoms with Gasteiger partial charge in [-0.15, -0.1) is 0 Å². The highest BCUT2D eigenvalue weighted by molar-refractivity contribution is 7.89. The summed E-state index contributed by atoms with van der Waals surface area (Å²) in [6.07, 6.45) is 3.77. The molecular weight excluding hydrogens is 576 g/mol. The van der Waals surface area contributed by atoms with Crippen molar-refractivity contribution in [3.63, 3.8) is 0 Å². The number of halogens is 1. The van der Waals surface area contributed by atoms with Crippen molar-refractivity contribution in [3.05, 3.63) is 53.7 Å². The van der Waals surface area contributed by atoms with E-state index in [1.165, 1.54) is 19.3 Å². The van der Waals surface area contributed by atoms with Crippen LogP contribution in [0.2, 0.25) is 5.02 Å². The van der Waals surface area contributed by atoms with Gasteiger partial charge in [-0.2, -0.15) is 4.98 Å². The summed E-state index contributed by atoms with van der Waals surface area (Å²) in [5.41, 5.74) is 2.19. The summed E-state index contributed by atoms with van der Waals surface area (Å²) in [6, 6.07) is 13.3. The molecule has 3 N–H and O–H groups in total. The fourth-order valence-corrected chi connectivity index (χ4v) is 6.46. The highest BCUT2D eigenvalue weighted by atomic mass is 35.5. The van der Waals surface area contributed by atoms with Crippen molar-refractivity contribution in [2.45, 2.75) is 30.7 Å². The van der Waals surface area contributed by atoms with Crippen LogP contribution in [-0.2, 0) is 10.0 Å². The van der Waals surface area contributed by atoms with Crippen LogP contribution in [0.15, 0.2) is 53.6 Å². The Morgan fingerprint density at radius 1 is 1.00 bits per heavy atom. The van der Waals surface area contributed by atoms with E-state index in [0.717, 1.165) is 63.5 Å². The number of hydrogen-bond acceptors (Lipinski definition) is 10. The third-order valence-electron chi connectivity index (χ3n) is 7.84. The van der Waals surface area contributed by atoms with E-state index in [4.69, 9.17) is 16.3 Å². The second kappa shape index (κ2) is 13.4. The maximum atomic E-state index is 12.5. The van der Waals surface area contributed by atoms with Gasteiger partial charge in [0.2, 0.25) is 16.0 Å². The van der Waals surface area contributed by atoms with E-state index < -0.39 is 10.0 Å². The molecule has 1 aromatic heterocycles. The predicted molar refractivity (Wildman–Crippen MR) is 168 cm³/mol. The van der Waals surface area contributed by atoms with E-state index in [1.807, 2.05) is 13.0 Å². The summed E-state index contributed by atoms with van der Waals surface area (Å²) in [4.78, 5) is 16.4. The minimum Gasteiger partial charge on any atom is -0.492 e. The van der Waals surface area contributed by atoms with Gasteiger partial charge >= 0.3 is 0 Å². The molecule has 0 amide bonds. The number of anilines is 5. The number of rotatable bonds is 10. The first-order valence-electron chi connectivity index (χ1n) is 14.3. The lowest BCUT2D eigenvalue weighted by molar-refractivity contribution is 0.0982. The van der Waals surface area contributed by atoms with Gasteiger partial charge in [0.25, 0.3) is 0 Å². The molecule has 2 aromatic carbocycles. The molecule has 226 valence electrons. The van der Waals surface area contributed by atoms with Gasteiger partial charge in [-0.05, 0) is 58.1 Å². The number of para-hydroxylation sites is 1. The maximum Gasteiger partial charge on any atom is 0.242 e. The molecule has 2 saturated heterocycles. The van der Waals surface area contributed by atoms with Crippen molar-refractivity contribution in [2.24, 2.45) is 0 Å². The molecule has 3 heterocycles. The smallest absolute Gasteiger partial charge is 0.242 e. The fraction of sp³-hybridized carbons (Fsp3) is 0.448. The minimum absolute atomic E-state index is 0.0819. The number of piperazine rings is 1. The Morgan fingerprint density at radius 3 is 2.45 bits per heavy atom. The zero-order chi connectivity index (χ0) is 29.7. The van der Waals surface area contributed by atoms with Gasteiger partial charge in [0, 0.05) is 57.1 Å². The van der Waals surface area contributed by atoms with Crippen molar-refractivity contribution < 1.29 is 13.2 Å². The number of hydrogen-bond donors (Lipinski definition) is 3. The van der Waals surface area contributed by atoms with Gasteiger partial charge < -0.3 is 25.2 Å². The van der Waals surface area contributed by atoms with Gasteiger partial charge in [-0.25, -0.2) is 18.1 Å². The van der Waals surface area contributed by atoms with Crippen LogP contribution < -0.4 is 25.0 Å². The molecule has 0 unspecified atom stereocenters. The van der Waals surface area contributed by atoms with E-state index in [-0.39, 0.29) is 21.7 Å². The van der Waals surface area contributed by atoms with Crippen molar-refractivity contribution in [3.8, 4) is 5.75 Å². The second-order valence-corrected chi connectivity index (χ2v) is 12.8. The topological polar surface area (TPSA) is 115 Å². The van der Waals surface area contributed by atoms with E-state index >= 15 is 0 Å². The number of aromatic nitrogens is 2. The lowest BCUT2D eigenvalue weighted by atomic mass is 10.0. The van der Waals surface area contributed by atoms with Crippen LogP contribution in [0.1, 0.15) is 19.8 Å². The van der Waals surface area contributed by atoms with Gasteiger partial charge in [0.1, 0.15) is 15.7 Å². The first-order chi connectivity index (χ1) is 20.3. The van der Waals surface area contributed by atoms with E-state index in [2.05, 4.69) is 59.2 Å². The Labute approximate surface area is 253 Å². The molecule has 3 aromatic rings. The summed E-state index contributed by atoms with van der Waals surface area (Å²) in [5.74, 6) is 1.26. The summed E-state index contributed by atoms with van der Waals surface area (Å²) in [5, 5.41) is 6.54. The molecule has 5 rings (SSSR count). The van der Waals surface area contributed by atoms with Gasteiger partial charge in [-0.3, -0.25) is 4.90 Å². The van der Waals surface area contributed by atoms with Crippen molar-refractivity contribution in [1.82, 2.24) is 24.5 Å². The van der Waals surface area contributed by atoms with Crippen LogP contribution in [0.4, 0.5) is 28.8 Å². The molecule has 2 aliphatic rings. The van der Waals surface area contributed by atoms with Gasteiger partial charge in [0.15, 0.2) is 5.82 Å². The average Bonchev–Trinajstić information content (AvgIpc) is 3.00. The van der Waals surface area contributed by atoms with Crippen LogP contribution >= 0.6 is 11.6 Å². The normalized spacial score (nSPS) is 17.3. The number of nitrogens with zero attached hydrogens (tertiary/aromatic N) is 5. The minimum atomic E-state index is -3.70. The summed E-state index contributed by atoms with van der Waals surface area (Å²) >= 11 is 6.39. The largest absolute Gasteiger partial charge is 0.492 e. The molecule has 2 aliphatic heterocycles. The van der Waals surface area contributed by atoms with E-state index in [1.54, 1.807) is 18.2 Å². The number of nitrogens with one attached hydrogen (secondary N) is 3. The first-order valence-corrected chi connectivity index (χ1v) is 16.2. The summed E-state index contributed by atoms with van der Waals surface area (Å²) in [7, 11) is -0.134. The number of ether oxygens (including phenoxy) is 1. The summed E-state index contributed by atoms with van der Waals surface area (Å²) in [6.45, 7) is 9.08. The third kappa shape index (κ3) is 7.07. The van der Waals surface area contributed by atoms with Crippen LogP contribution in [0.3, 0.4) is 0 Å². The van der Waals surface area contributed by atoms with Crippen LogP contribution in [0.5, 0.6) is 5.75 Å². The molecule has 0 spiro atoms. The van der Waals surface area contributed by atoms with Crippen molar-refractivity contribution >= 4 is 50.5 Å².